The van der Waals surface area contributed by atoms with Gasteiger partial charge in [0.1, 0.15) is 33.4 Å². The molecule has 186 valence electrons. The highest BCUT2D eigenvalue weighted by Crippen LogP contribution is 2.32. The minimum atomic E-state index is -0.999. The maximum absolute atomic E-state index is 13.2. The third-order valence-electron chi connectivity index (χ3n) is 5.72. The molecule has 3 atom stereocenters. The van der Waals surface area contributed by atoms with Crippen LogP contribution in [0.5, 0.6) is 0 Å². The molecule has 2 N–H and O–H groups in total. The number of hydrogen-bond acceptors (Lipinski definition) is 8. The third kappa shape index (κ3) is 6.91. The van der Waals surface area contributed by atoms with Crippen molar-refractivity contribution in [3.63, 3.8) is 0 Å². The number of ether oxygens (including phenoxy) is 1. The Morgan fingerprint density at radius 2 is 2.09 bits per heavy atom. The number of hydrogen-bond donors (Lipinski definition) is 2. The van der Waals surface area contributed by atoms with E-state index in [4.69, 9.17) is 4.74 Å². The first-order chi connectivity index (χ1) is 16.2. The van der Waals surface area contributed by atoms with Crippen molar-refractivity contribution < 1.29 is 19.1 Å². The average molecular weight is 507 g/mol. The number of cyclic esters (lactones) is 1. The molecule has 10 heteroatoms. The number of rotatable bonds is 6. The molecule has 0 spiro atoms. The lowest BCUT2D eigenvalue weighted by atomic mass is 10.0. The van der Waals surface area contributed by atoms with E-state index in [0.29, 0.717) is 16.5 Å². The summed E-state index contributed by atoms with van der Waals surface area (Å²) in [6.07, 6.45) is 7.16. The van der Waals surface area contributed by atoms with Crippen molar-refractivity contribution in [3.8, 4) is 0 Å². The summed E-state index contributed by atoms with van der Waals surface area (Å²) in [6.45, 7) is 7.90. The summed E-state index contributed by atoms with van der Waals surface area (Å²) in [7, 11) is 0. The standard InChI is InChI=1S/C24H34N4O4S2/c1-5-6-7-8-9-10-16-11-18(29)25-12-19-26-17(13-33-19)21-28-24(4,14-34-21)23(31)27-20(15(2)3)22(30)32-16/h9-10,13,15-16,20H,5-8,11-12,14H2,1-4H3,(H,25,29)(H,27,31)/b10-9+. The number of nitrogens with zero attached hydrogens (tertiary/aromatic N) is 2. The fourth-order valence-electron chi connectivity index (χ4n) is 3.59. The minimum Gasteiger partial charge on any atom is -0.456 e. The zero-order valence-electron chi connectivity index (χ0n) is 20.3. The zero-order chi connectivity index (χ0) is 24.7. The van der Waals surface area contributed by atoms with Crippen molar-refractivity contribution >= 4 is 45.9 Å². The quantitative estimate of drug-likeness (QED) is 0.347. The molecule has 0 fully saturated rings. The molecule has 1 aromatic heterocycles. The fraction of sp³-hybridized carbons (Fsp3) is 0.625. The number of thioether (sulfide) groups is 1. The number of thiazole rings is 1. The first kappa shape index (κ1) is 26.4. The molecular weight excluding hydrogens is 472 g/mol. The van der Waals surface area contributed by atoms with Crippen LogP contribution in [0.4, 0.5) is 0 Å². The number of allylic oxidation sites excluding steroid dienone is 1. The molecule has 0 radical (unpaired) electrons. The Morgan fingerprint density at radius 1 is 1.29 bits per heavy atom. The van der Waals surface area contributed by atoms with Gasteiger partial charge in [0.25, 0.3) is 0 Å². The topological polar surface area (TPSA) is 110 Å². The molecule has 0 aliphatic carbocycles. The highest BCUT2D eigenvalue weighted by Gasteiger charge is 2.41. The van der Waals surface area contributed by atoms with Crippen LogP contribution >= 0.6 is 23.1 Å². The summed E-state index contributed by atoms with van der Waals surface area (Å²) in [5, 5.41) is 9.06. The smallest absolute Gasteiger partial charge is 0.329 e. The van der Waals surface area contributed by atoms with Crippen molar-refractivity contribution in [2.75, 3.05) is 5.75 Å². The van der Waals surface area contributed by atoms with Crippen molar-refractivity contribution in [2.45, 2.75) is 84.0 Å². The number of carbonyl (C=O) groups excluding carboxylic acids is 3. The zero-order valence-corrected chi connectivity index (χ0v) is 21.9. The van der Waals surface area contributed by atoms with E-state index in [0.717, 1.165) is 30.7 Å². The summed E-state index contributed by atoms with van der Waals surface area (Å²) in [5.41, 5.74) is -0.295. The summed E-state index contributed by atoms with van der Waals surface area (Å²) in [5.74, 6) is -0.836. The molecule has 34 heavy (non-hydrogen) atoms. The minimum absolute atomic E-state index is 0.00723. The molecule has 0 aromatic carbocycles. The summed E-state index contributed by atoms with van der Waals surface area (Å²) in [6, 6.07) is -0.841. The number of carbonyl (C=O) groups is 3. The largest absolute Gasteiger partial charge is 0.456 e. The average Bonchev–Trinajstić information content (AvgIpc) is 3.42. The van der Waals surface area contributed by atoms with Gasteiger partial charge in [-0.2, -0.15) is 0 Å². The molecule has 4 bridgehead atoms. The van der Waals surface area contributed by atoms with Crippen LogP contribution in [0.3, 0.4) is 0 Å². The molecule has 3 unspecified atom stereocenters. The summed E-state index contributed by atoms with van der Waals surface area (Å²) < 4.78 is 5.74. The highest BCUT2D eigenvalue weighted by atomic mass is 32.2. The molecule has 1 aromatic rings. The van der Waals surface area contributed by atoms with E-state index in [1.807, 2.05) is 25.3 Å². The molecular formula is C24H34N4O4S2. The number of fused-ring (bicyclic) bond motifs is 4. The summed E-state index contributed by atoms with van der Waals surface area (Å²) >= 11 is 2.90. The van der Waals surface area contributed by atoms with Gasteiger partial charge >= 0.3 is 5.97 Å². The molecule has 2 aliphatic rings. The maximum atomic E-state index is 13.2. The van der Waals surface area contributed by atoms with Crippen LogP contribution in [0, 0.1) is 5.92 Å². The van der Waals surface area contributed by atoms with Crippen LogP contribution in [0.25, 0.3) is 0 Å². The van der Waals surface area contributed by atoms with Crippen LogP contribution in [-0.2, 0) is 25.7 Å². The van der Waals surface area contributed by atoms with Crippen LogP contribution in [0.1, 0.15) is 70.5 Å². The van der Waals surface area contributed by atoms with E-state index in [1.54, 1.807) is 13.0 Å². The van der Waals surface area contributed by atoms with Crippen molar-refractivity contribution in [2.24, 2.45) is 10.9 Å². The van der Waals surface area contributed by atoms with Crippen molar-refractivity contribution in [1.29, 1.82) is 0 Å². The number of esters is 1. The number of aliphatic imine (C=N–C) groups is 1. The maximum Gasteiger partial charge on any atom is 0.329 e. The molecule has 0 saturated heterocycles. The number of unbranched alkanes of at least 4 members (excludes halogenated alkanes) is 3. The van der Waals surface area contributed by atoms with Gasteiger partial charge in [-0.05, 0) is 31.8 Å². The van der Waals surface area contributed by atoms with Gasteiger partial charge in [0, 0.05) is 11.1 Å². The lowest BCUT2D eigenvalue weighted by molar-refractivity contribution is -0.153. The predicted molar refractivity (Wildman–Crippen MR) is 136 cm³/mol. The molecule has 2 amide bonds. The van der Waals surface area contributed by atoms with Crippen molar-refractivity contribution in [3.05, 3.63) is 28.2 Å². The van der Waals surface area contributed by atoms with Gasteiger partial charge in [-0.1, -0.05) is 39.7 Å². The van der Waals surface area contributed by atoms with Gasteiger partial charge in [-0.15, -0.1) is 23.1 Å². The van der Waals surface area contributed by atoms with E-state index >= 15 is 0 Å². The van der Waals surface area contributed by atoms with Crippen LogP contribution in [0.2, 0.25) is 0 Å². The lowest BCUT2D eigenvalue weighted by Gasteiger charge is -2.27. The summed E-state index contributed by atoms with van der Waals surface area (Å²) in [4.78, 5) is 48.1. The van der Waals surface area contributed by atoms with E-state index < -0.39 is 23.7 Å². The van der Waals surface area contributed by atoms with Crippen molar-refractivity contribution in [1.82, 2.24) is 15.6 Å². The van der Waals surface area contributed by atoms with E-state index in [2.05, 4.69) is 27.5 Å². The van der Waals surface area contributed by atoms with Crippen LogP contribution in [-0.4, -0.2) is 51.2 Å². The second kappa shape index (κ2) is 12.0. The van der Waals surface area contributed by atoms with Gasteiger partial charge in [-0.25, -0.2) is 9.78 Å². The van der Waals surface area contributed by atoms with Gasteiger partial charge < -0.3 is 15.4 Å². The second-order valence-corrected chi connectivity index (χ2v) is 11.1. The SMILES string of the molecule is CCCCC/C=C/C1CC(=O)NCc2nc(cs2)C2=NC(C)(CS2)C(=O)NC(C(C)C)C(=O)O1. The number of nitrogens with one attached hydrogen (secondary N) is 2. The second-order valence-electron chi connectivity index (χ2n) is 9.18. The number of amides is 2. The van der Waals surface area contributed by atoms with Gasteiger partial charge in [0.15, 0.2) is 0 Å². The van der Waals surface area contributed by atoms with Crippen LogP contribution in [0.15, 0.2) is 22.5 Å². The molecule has 8 nitrogen and oxygen atoms in total. The Labute approximate surface area is 209 Å². The Morgan fingerprint density at radius 3 is 2.82 bits per heavy atom. The van der Waals surface area contributed by atoms with Gasteiger partial charge in [0.2, 0.25) is 11.8 Å². The van der Waals surface area contributed by atoms with E-state index in [-0.39, 0.29) is 30.7 Å². The predicted octanol–water partition coefficient (Wildman–Crippen LogP) is 3.60. The number of aromatic nitrogens is 1. The third-order valence-corrected chi connectivity index (χ3v) is 7.85. The molecule has 3 rings (SSSR count). The highest BCUT2D eigenvalue weighted by molar-refractivity contribution is 8.14. The van der Waals surface area contributed by atoms with Gasteiger partial charge in [-0.3, -0.25) is 14.6 Å². The normalized spacial score (nSPS) is 26.4. The Kier molecular flexibility index (Phi) is 9.30. The first-order valence-electron chi connectivity index (χ1n) is 11.8. The lowest BCUT2D eigenvalue weighted by Crippen LogP contribution is -2.53. The first-order valence-corrected chi connectivity index (χ1v) is 13.7. The monoisotopic (exact) mass is 506 g/mol. The van der Waals surface area contributed by atoms with Gasteiger partial charge in [0.05, 0.1) is 13.0 Å². The molecule has 2 aliphatic heterocycles. The van der Waals surface area contributed by atoms with Crippen LogP contribution < -0.4 is 10.6 Å². The molecule has 3 heterocycles. The van der Waals surface area contributed by atoms with E-state index in [1.165, 1.54) is 23.1 Å². The molecule has 0 saturated carbocycles. The Balaban J connectivity index is 1.86. The Bertz CT molecular complexity index is 959. The Hall–Kier alpha value is -2.20. The van der Waals surface area contributed by atoms with E-state index in [9.17, 15) is 14.4 Å². The fourth-order valence-corrected chi connectivity index (χ4v) is 5.52.